The Kier molecular flexibility index (Phi) is 3.55. The first kappa shape index (κ1) is 14.2. The molecule has 0 aliphatic carbocycles. The Labute approximate surface area is 125 Å². The van der Waals surface area contributed by atoms with Gasteiger partial charge in [-0.25, -0.2) is 13.8 Å². The Morgan fingerprint density at radius 3 is 2.62 bits per heavy atom. The summed E-state index contributed by atoms with van der Waals surface area (Å²) < 4.78 is 32.5. The smallest absolute Gasteiger partial charge is 0.144 e. The molecule has 0 bridgehead atoms. The molecule has 1 aromatic carbocycles. The molecule has 0 amide bonds. The first-order chi connectivity index (χ1) is 10.1. The molecule has 1 unspecified atom stereocenters. The van der Waals surface area contributed by atoms with Crippen molar-refractivity contribution < 1.29 is 13.5 Å². The maximum Gasteiger partial charge on any atom is 0.144 e. The number of hydrogen-bond acceptors (Lipinski definition) is 3. The predicted molar refractivity (Wildman–Crippen MR) is 79.0 cm³/mol. The molecule has 2 nitrogen and oxygen atoms in total. The minimum absolute atomic E-state index is 0.308. The quantitative estimate of drug-likeness (QED) is 0.630. The molecule has 1 atom stereocenters. The summed E-state index contributed by atoms with van der Waals surface area (Å²) in [6.45, 7) is 4.35. The lowest BCUT2D eigenvalue weighted by Crippen LogP contribution is -2.13. The van der Waals surface area contributed by atoms with Crippen molar-refractivity contribution in [1.29, 1.82) is 0 Å². The molecule has 0 spiro atoms. The number of benzene rings is 1. The highest BCUT2D eigenvalue weighted by Gasteiger charge is 2.51. The highest BCUT2D eigenvalue weighted by molar-refractivity contribution is 7.98. The van der Waals surface area contributed by atoms with E-state index in [0.717, 1.165) is 16.7 Å². The average molecular weight is 305 g/mol. The van der Waals surface area contributed by atoms with Crippen LogP contribution in [0.15, 0.2) is 48.1 Å². The number of halogens is 2. The Bertz CT molecular complexity index is 696. The summed E-state index contributed by atoms with van der Waals surface area (Å²) >= 11 is 1.54. The molecule has 2 heterocycles. The average Bonchev–Trinajstić information content (AvgIpc) is 3.28. The monoisotopic (exact) mass is 305 g/mol. The fourth-order valence-electron chi connectivity index (χ4n) is 2.29. The van der Waals surface area contributed by atoms with Crippen LogP contribution in [0, 0.1) is 11.6 Å². The molecule has 3 rings (SSSR count). The number of ether oxygens (including phenoxy) is 1. The van der Waals surface area contributed by atoms with Crippen molar-refractivity contribution in [1.82, 2.24) is 4.98 Å². The molecule has 108 valence electrons. The summed E-state index contributed by atoms with van der Waals surface area (Å²) in [7, 11) is 0. The van der Waals surface area contributed by atoms with Crippen molar-refractivity contribution in [3.63, 3.8) is 0 Å². The second kappa shape index (κ2) is 5.24. The molecule has 5 heteroatoms. The van der Waals surface area contributed by atoms with Gasteiger partial charge in [0.25, 0.3) is 0 Å². The zero-order chi connectivity index (χ0) is 15.0. The van der Waals surface area contributed by atoms with Gasteiger partial charge in [-0.1, -0.05) is 12.6 Å². The van der Waals surface area contributed by atoms with Crippen molar-refractivity contribution in [2.45, 2.75) is 10.6 Å². The Hall–Kier alpha value is -1.72. The van der Waals surface area contributed by atoms with Gasteiger partial charge in [0.15, 0.2) is 0 Å². The Morgan fingerprint density at radius 1 is 1.33 bits per heavy atom. The standard InChI is InChI=1S/C16H13F2NOS/c1-10(11-3-6-15(21-2)19-8-11)16(9-20-16)13-5-4-12(17)7-14(13)18/h3-8H,1,9H2,2H3. The lowest BCUT2D eigenvalue weighted by atomic mass is 9.88. The second-order valence-corrected chi connectivity index (χ2v) is 5.63. The summed E-state index contributed by atoms with van der Waals surface area (Å²) in [6, 6.07) is 7.26. The Morgan fingerprint density at radius 2 is 2.10 bits per heavy atom. The molecule has 0 radical (unpaired) electrons. The molecule has 2 aromatic rings. The highest BCUT2D eigenvalue weighted by Crippen LogP contribution is 2.49. The van der Waals surface area contributed by atoms with Crippen LogP contribution in [-0.2, 0) is 10.3 Å². The molecule has 1 aliphatic heterocycles. The van der Waals surface area contributed by atoms with E-state index in [1.807, 2.05) is 18.4 Å². The SMILES string of the molecule is C=C(c1ccc(SC)nc1)C1(c2ccc(F)cc2F)CO1. The number of thioether (sulfide) groups is 1. The topological polar surface area (TPSA) is 25.4 Å². The van der Waals surface area contributed by atoms with Crippen molar-refractivity contribution in [2.24, 2.45) is 0 Å². The van der Waals surface area contributed by atoms with Crippen molar-refractivity contribution >= 4 is 17.3 Å². The summed E-state index contributed by atoms with van der Waals surface area (Å²) in [4.78, 5) is 4.28. The number of nitrogens with zero attached hydrogens (tertiary/aromatic N) is 1. The summed E-state index contributed by atoms with van der Waals surface area (Å²) in [5.74, 6) is -1.23. The minimum Gasteiger partial charge on any atom is -0.359 e. The summed E-state index contributed by atoms with van der Waals surface area (Å²) in [5, 5.41) is 0.894. The van der Waals surface area contributed by atoms with Gasteiger partial charge in [0.2, 0.25) is 0 Å². The number of rotatable bonds is 4. The zero-order valence-corrected chi connectivity index (χ0v) is 12.2. The molecule has 0 saturated carbocycles. The predicted octanol–water partition coefficient (Wildman–Crippen LogP) is 4.02. The Balaban J connectivity index is 1.96. The normalized spacial score (nSPS) is 20.3. The molecule has 1 saturated heterocycles. The molecule has 0 N–H and O–H groups in total. The molecular formula is C16H13F2NOS. The van der Waals surface area contributed by atoms with Gasteiger partial charge < -0.3 is 4.74 Å². The van der Waals surface area contributed by atoms with Crippen LogP contribution in [0.3, 0.4) is 0 Å². The van der Waals surface area contributed by atoms with Gasteiger partial charge >= 0.3 is 0 Å². The van der Waals surface area contributed by atoms with Gasteiger partial charge in [-0.15, -0.1) is 11.8 Å². The van der Waals surface area contributed by atoms with E-state index < -0.39 is 17.2 Å². The fraction of sp³-hybridized carbons (Fsp3) is 0.188. The third-order valence-corrected chi connectivity index (χ3v) is 4.24. The lowest BCUT2D eigenvalue weighted by molar-refractivity contribution is 0.357. The number of epoxide rings is 1. The summed E-state index contributed by atoms with van der Waals surface area (Å²) in [5.41, 5.74) is 0.824. The van der Waals surface area contributed by atoms with E-state index in [-0.39, 0.29) is 0 Å². The van der Waals surface area contributed by atoms with Gasteiger partial charge in [0.1, 0.15) is 17.2 Å². The van der Waals surface area contributed by atoms with Crippen molar-refractivity contribution in [3.8, 4) is 0 Å². The highest BCUT2D eigenvalue weighted by atomic mass is 32.2. The van der Waals surface area contributed by atoms with Crippen LogP contribution in [0.5, 0.6) is 0 Å². The number of aromatic nitrogens is 1. The van der Waals surface area contributed by atoms with Crippen LogP contribution in [-0.4, -0.2) is 17.8 Å². The molecule has 21 heavy (non-hydrogen) atoms. The van der Waals surface area contributed by atoms with Crippen LogP contribution in [0.4, 0.5) is 8.78 Å². The van der Waals surface area contributed by atoms with Crippen LogP contribution >= 0.6 is 11.8 Å². The number of pyridine rings is 1. The largest absolute Gasteiger partial charge is 0.359 e. The van der Waals surface area contributed by atoms with Crippen LogP contribution in [0.1, 0.15) is 11.1 Å². The van der Waals surface area contributed by atoms with Crippen LogP contribution < -0.4 is 0 Å². The van der Waals surface area contributed by atoms with Crippen molar-refractivity contribution in [2.75, 3.05) is 12.9 Å². The van der Waals surface area contributed by atoms with Gasteiger partial charge in [0, 0.05) is 17.8 Å². The van der Waals surface area contributed by atoms with Gasteiger partial charge in [-0.3, -0.25) is 0 Å². The molecule has 1 aromatic heterocycles. The van der Waals surface area contributed by atoms with Gasteiger partial charge in [0.05, 0.1) is 11.6 Å². The fourth-order valence-corrected chi connectivity index (χ4v) is 2.66. The maximum absolute atomic E-state index is 14.0. The van der Waals surface area contributed by atoms with E-state index in [9.17, 15) is 8.78 Å². The second-order valence-electron chi connectivity index (χ2n) is 4.81. The van der Waals surface area contributed by atoms with E-state index >= 15 is 0 Å². The third kappa shape index (κ3) is 2.47. The van der Waals surface area contributed by atoms with E-state index in [1.54, 1.807) is 6.20 Å². The first-order valence-electron chi connectivity index (χ1n) is 6.36. The molecule has 1 fully saturated rings. The third-order valence-electron chi connectivity index (χ3n) is 3.58. The van der Waals surface area contributed by atoms with E-state index in [2.05, 4.69) is 11.6 Å². The lowest BCUT2D eigenvalue weighted by Gasteiger charge is -2.16. The first-order valence-corrected chi connectivity index (χ1v) is 7.58. The maximum atomic E-state index is 14.0. The molecular weight excluding hydrogens is 292 g/mol. The van der Waals surface area contributed by atoms with Gasteiger partial charge in [-0.2, -0.15) is 0 Å². The molecule has 1 aliphatic rings. The minimum atomic E-state index is -0.902. The van der Waals surface area contributed by atoms with Crippen LogP contribution in [0.2, 0.25) is 0 Å². The summed E-state index contributed by atoms with van der Waals surface area (Å²) in [6.07, 6.45) is 3.63. The van der Waals surface area contributed by atoms with Crippen LogP contribution in [0.25, 0.3) is 5.57 Å². The van der Waals surface area contributed by atoms with E-state index in [1.165, 1.54) is 23.9 Å². The van der Waals surface area contributed by atoms with Gasteiger partial charge in [-0.05, 0) is 35.6 Å². The van der Waals surface area contributed by atoms with E-state index in [0.29, 0.717) is 17.7 Å². The van der Waals surface area contributed by atoms with Crippen molar-refractivity contribution in [3.05, 3.63) is 65.9 Å². The zero-order valence-electron chi connectivity index (χ0n) is 11.4. The van der Waals surface area contributed by atoms with E-state index in [4.69, 9.17) is 4.74 Å². The number of hydrogen-bond donors (Lipinski definition) is 0.